The highest BCUT2D eigenvalue weighted by Crippen LogP contribution is 2.27. The van der Waals surface area contributed by atoms with E-state index in [1.54, 1.807) is 36.4 Å². The second kappa shape index (κ2) is 8.90. The molecule has 0 saturated carbocycles. The van der Waals surface area contributed by atoms with Crippen LogP contribution in [0.4, 0.5) is 17.1 Å². The summed E-state index contributed by atoms with van der Waals surface area (Å²) in [6.45, 7) is 1.88. The van der Waals surface area contributed by atoms with E-state index in [4.69, 9.17) is 4.74 Å². The Labute approximate surface area is 192 Å². The van der Waals surface area contributed by atoms with Gasteiger partial charge in [-0.3, -0.25) is 25.0 Å². The van der Waals surface area contributed by atoms with Crippen molar-refractivity contribution in [2.45, 2.75) is 13.2 Å². The number of esters is 1. The van der Waals surface area contributed by atoms with Crippen LogP contribution < -0.4 is 5.32 Å². The van der Waals surface area contributed by atoms with Gasteiger partial charge in [0.25, 0.3) is 23.5 Å². The van der Waals surface area contributed by atoms with Crippen molar-refractivity contribution in [1.82, 2.24) is 0 Å². The molecular weight excluding hydrogens is 444 g/mol. The topological polar surface area (TPSA) is 154 Å². The SMILES string of the molecule is Cc1ccc2c(c1)C(c1ccccc1)=N[C@H](OC(=O)c1cc([N+](=O)[O-])cc([N+](=O)[O-])c1)C(=O)N2. The van der Waals surface area contributed by atoms with E-state index in [2.05, 4.69) is 10.3 Å². The van der Waals surface area contributed by atoms with Crippen molar-refractivity contribution in [3.8, 4) is 0 Å². The lowest BCUT2D eigenvalue weighted by atomic mass is 9.99. The molecule has 0 fully saturated rings. The number of ether oxygens (including phenoxy) is 1. The number of amides is 1. The van der Waals surface area contributed by atoms with E-state index in [9.17, 15) is 29.8 Å². The number of nitro benzene ring substituents is 2. The molecular formula is C23H16N4O7. The van der Waals surface area contributed by atoms with E-state index in [0.29, 0.717) is 22.5 Å². The predicted octanol–water partition coefficient (Wildman–Crippen LogP) is 3.78. The normalized spacial score (nSPS) is 14.8. The van der Waals surface area contributed by atoms with Gasteiger partial charge in [0.05, 0.1) is 32.9 Å². The number of carbonyl (C=O) groups is 2. The smallest absolute Gasteiger partial charge is 0.341 e. The van der Waals surface area contributed by atoms with Crippen molar-refractivity contribution >= 4 is 34.7 Å². The van der Waals surface area contributed by atoms with E-state index in [-0.39, 0.29) is 0 Å². The zero-order valence-electron chi connectivity index (χ0n) is 17.6. The molecule has 1 N–H and O–H groups in total. The number of anilines is 1. The largest absolute Gasteiger partial charge is 0.426 e. The predicted molar refractivity (Wildman–Crippen MR) is 121 cm³/mol. The molecule has 11 nitrogen and oxygen atoms in total. The third-order valence-corrected chi connectivity index (χ3v) is 4.98. The molecule has 0 radical (unpaired) electrons. The van der Waals surface area contributed by atoms with Crippen LogP contribution in [0.3, 0.4) is 0 Å². The van der Waals surface area contributed by atoms with Crippen LogP contribution >= 0.6 is 0 Å². The molecule has 1 aliphatic rings. The average Bonchev–Trinajstić information content (AvgIpc) is 2.95. The van der Waals surface area contributed by atoms with Gasteiger partial charge in [0, 0.05) is 23.3 Å². The van der Waals surface area contributed by atoms with Crippen LogP contribution in [0.25, 0.3) is 0 Å². The first-order valence-electron chi connectivity index (χ1n) is 9.93. The summed E-state index contributed by atoms with van der Waals surface area (Å²) in [5, 5.41) is 24.9. The van der Waals surface area contributed by atoms with Gasteiger partial charge in [-0.25, -0.2) is 9.79 Å². The Bertz CT molecular complexity index is 1340. The summed E-state index contributed by atoms with van der Waals surface area (Å²) in [6, 6.07) is 16.7. The van der Waals surface area contributed by atoms with Gasteiger partial charge < -0.3 is 10.1 Å². The number of non-ortho nitro benzene ring substituents is 2. The fourth-order valence-corrected chi connectivity index (χ4v) is 3.40. The van der Waals surface area contributed by atoms with Crippen molar-refractivity contribution in [3.05, 3.63) is 109 Å². The summed E-state index contributed by atoms with van der Waals surface area (Å²) in [4.78, 5) is 50.5. The first kappa shape index (κ1) is 22.3. The highest BCUT2D eigenvalue weighted by molar-refractivity contribution is 6.19. The third-order valence-electron chi connectivity index (χ3n) is 4.98. The van der Waals surface area contributed by atoms with Gasteiger partial charge in [-0.1, -0.05) is 42.0 Å². The number of aliphatic imine (C=N–C) groups is 1. The zero-order chi connectivity index (χ0) is 24.4. The quantitative estimate of drug-likeness (QED) is 0.345. The molecule has 0 aromatic heterocycles. The van der Waals surface area contributed by atoms with E-state index in [1.807, 2.05) is 19.1 Å². The highest BCUT2D eigenvalue weighted by Gasteiger charge is 2.30. The molecule has 0 saturated heterocycles. The molecule has 34 heavy (non-hydrogen) atoms. The fourth-order valence-electron chi connectivity index (χ4n) is 3.40. The molecule has 11 heteroatoms. The lowest BCUT2D eigenvalue weighted by Crippen LogP contribution is -2.30. The Morgan fingerprint density at radius 1 is 0.971 bits per heavy atom. The summed E-state index contributed by atoms with van der Waals surface area (Å²) < 4.78 is 5.27. The molecule has 0 aliphatic carbocycles. The van der Waals surface area contributed by atoms with Crippen LogP contribution in [0.15, 0.2) is 71.7 Å². The van der Waals surface area contributed by atoms with E-state index in [0.717, 1.165) is 23.8 Å². The monoisotopic (exact) mass is 460 g/mol. The van der Waals surface area contributed by atoms with Crippen LogP contribution in [-0.4, -0.2) is 33.7 Å². The molecule has 170 valence electrons. The van der Waals surface area contributed by atoms with Crippen LogP contribution in [-0.2, 0) is 9.53 Å². The molecule has 1 amide bonds. The molecule has 0 bridgehead atoms. The van der Waals surface area contributed by atoms with Crippen molar-refractivity contribution in [2.75, 3.05) is 5.32 Å². The molecule has 4 rings (SSSR count). The average molecular weight is 460 g/mol. The second-order valence-electron chi connectivity index (χ2n) is 7.39. The maximum absolute atomic E-state index is 12.8. The van der Waals surface area contributed by atoms with Crippen LogP contribution in [0.1, 0.15) is 27.0 Å². The maximum atomic E-state index is 12.8. The number of benzodiazepines with no additional fused rings is 1. The van der Waals surface area contributed by atoms with Gasteiger partial charge in [0.15, 0.2) is 0 Å². The third kappa shape index (κ3) is 4.48. The summed E-state index contributed by atoms with van der Waals surface area (Å²) >= 11 is 0. The Hall–Kier alpha value is -4.93. The fraction of sp³-hybridized carbons (Fsp3) is 0.0870. The van der Waals surface area contributed by atoms with Gasteiger partial charge in [0.2, 0.25) is 0 Å². The second-order valence-corrected chi connectivity index (χ2v) is 7.39. The number of aryl methyl sites for hydroxylation is 1. The minimum atomic E-state index is -1.64. The number of benzene rings is 3. The standard InChI is InChI=1S/C23H16N4O7/c1-13-7-8-19-18(9-13)20(14-5-3-2-4-6-14)25-22(21(28)24-19)34-23(29)15-10-16(26(30)31)12-17(11-15)27(32)33/h2-12,22H,1H3,(H,24,28)/t22-/m1/s1. The lowest BCUT2D eigenvalue weighted by Gasteiger charge is -2.12. The molecule has 1 aliphatic heterocycles. The molecule has 1 heterocycles. The van der Waals surface area contributed by atoms with Crippen LogP contribution in [0.2, 0.25) is 0 Å². The number of nitrogens with one attached hydrogen (secondary N) is 1. The zero-order valence-corrected chi connectivity index (χ0v) is 17.6. The molecule has 1 atom stereocenters. The van der Waals surface area contributed by atoms with Crippen molar-refractivity contribution in [3.63, 3.8) is 0 Å². The minimum Gasteiger partial charge on any atom is -0.426 e. The van der Waals surface area contributed by atoms with Gasteiger partial charge in [0.1, 0.15) is 0 Å². The van der Waals surface area contributed by atoms with Crippen molar-refractivity contribution in [2.24, 2.45) is 4.99 Å². The Morgan fingerprint density at radius 2 is 1.62 bits per heavy atom. The van der Waals surface area contributed by atoms with Crippen LogP contribution in [0.5, 0.6) is 0 Å². The van der Waals surface area contributed by atoms with Gasteiger partial charge in [-0.2, -0.15) is 0 Å². The molecule has 3 aromatic carbocycles. The lowest BCUT2D eigenvalue weighted by molar-refractivity contribution is -0.394. The molecule has 0 spiro atoms. The first-order valence-corrected chi connectivity index (χ1v) is 9.93. The number of nitro groups is 2. The Kier molecular flexibility index (Phi) is 5.83. The number of nitrogens with zero attached hydrogens (tertiary/aromatic N) is 3. The maximum Gasteiger partial charge on any atom is 0.341 e. The molecule has 3 aromatic rings. The van der Waals surface area contributed by atoms with Gasteiger partial charge >= 0.3 is 5.97 Å². The van der Waals surface area contributed by atoms with Crippen molar-refractivity contribution < 1.29 is 24.2 Å². The van der Waals surface area contributed by atoms with Crippen molar-refractivity contribution in [1.29, 1.82) is 0 Å². The van der Waals surface area contributed by atoms with E-state index >= 15 is 0 Å². The number of rotatable bonds is 5. The summed E-state index contributed by atoms with van der Waals surface area (Å²) in [6.07, 6.45) is -1.64. The molecule has 0 unspecified atom stereocenters. The summed E-state index contributed by atoms with van der Waals surface area (Å²) in [5.41, 5.74) is 1.26. The Morgan fingerprint density at radius 3 is 2.24 bits per heavy atom. The number of hydrogen-bond acceptors (Lipinski definition) is 8. The summed E-state index contributed by atoms with van der Waals surface area (Å²) in [5.74, 6) is -1.92. The summed E-state index contributed by atoms with van der Waals surface area (Å²) in [7, 11) is 0. The Balaban J connectivity index is 1.76. The number of carbonyl (C=O) groups excluding carboxylic acids is 2. The highest BCUT2D eigenvalue weighted by atomic mass is 16.6. The van der Waals surface area contributed by atoms with E-state index < -0.39 is 44.9 Å². The van der Waals surface area contributed by atoms with Crippen LogP contribution in [0, 0.1) is 27.2 Å². The number of hydrogen-bond donors (Lipinski definition) is 1. The number of fused-ring (bicyclic) bond motifs is 1. The first-order chi connectivity index (χ1) is 16.2. The minimum absolute atomic E-state index is 0.389. The van der Waals surface area contributed by atoms with Gasteiger partial charge in [-0.15, -0.1) is 0 Å². The van der Waals surface area contributed by atoms with E-state index in [1.165, 1.54) is 0 Å². The van der Waals surface area contributed by atoms with Gasteiger partial charge in [-0.05, 0) is 19.1 Å².